The molecule has 2 aromatic heterocycles. The van der Waals surface area contributed by atoms with Gasteiger partial charge in [0, 0.05) is 4.88 Å². The fourth-order valence-corrected chi connectivity index (χ4v) is 3.90. The molecule has 2 unspecified atom stereocenters. The summed E-state index contributed by atoms with van der Waals surface area (Å²) in [4.78, 5) is 18.5. The highest BCUT2D eigenvalue weighted by atomic mass is 32.1. The Hall–Kier alpha value is -2.92. The number of carbonyl (C=O) groups is 1. The molecule has 26 heavy (non-hydrogen) atoms. The number of amides is 1. The molecule has 1 N–H and O–H groups in total. The van der Waals surface area contributed by atoms with Crippen molar-refractivity contribution in [3.8, 4) is 0 Å². The van der Waals surface area contributed by atoms with Crippen LogP contribution in [0, 0.1) is 0 Å². The molecule has 130 valence electrons. The minimum atomic E-state index is -0.353. The lowest BCUT2D eigenvalue weighted by molar-refractivity contribution is -0.124. The molecule has 0 fully saturated rings. The largest absolute Gasteiger partial charge is 0.343 e. The van der Waals surface area contributed by atoms with Crippen molar-refractivity contribution in [3.63, 3.8) is 0 Å². The van der Waals surface area contributed by atoms with Crippen LogP contribution < -0.4 is 5.32 Å². The standard InChI is InChI=1S/C21H19N3OS/c1-15(24-14-22-17-10-5-6-11-18(17)24)21(25)23-20(19-12-7-13-26-19)16-8-3-2-4-9-16/h2-15,20H,1H3,(H,23,25). The van der Waals surface area contributed by atoms with Crippen LogP contribution >= 0.6 is 11.3 Å². The Bertz CT molecular complexity index is 1010. The zero-order chi connectivity index (χ0) is 17.9. The van der Waals surface area contributed by atoms with Gasteiger partial charge in [-0.15, -0.1) is 11.3 Å². The monoisotopic (exact) mass is 361 g/mol. The molecule has 0 saturated heterocycles. The van der Waals surface area contributed by atoms with Crippen molar-refractivity contribution in [2.45, 2.75) is 19.0 Å². The van der Waals surface area contributed by atoms with Crippen LogP contribution in [0.1, 0.15) is 29.4 Å². The summed E-state index contributed by atoms with van der Waals surface area (Å²) in [5.41, 5.74) is 2.93. The summed E-state index contributed by atoms with van der Waals surface area (Å²) in [6, 6.07) is 21.5. The second-order valence-electron chi connectivity index (χ2n) is 6.18. The van der Waals surface area contributed by atoms with E-state index >= 15 is 0 Å². The Labute approximate surface area is 156 Å². The van der Waals surface area contributed by atoms with E-state index in [1.807, 2.05) is 77.5 Å². The number of fused-ring (bicyclic) bond motifs is 1. The zero-order valence-electron chi connectivity index (χ0n) is 14.4. The Balaban J connectivity index is 1.62. The number of rotatable bonds is 5. The van der Waals surface area contributed by atoms with Crippen LogP contribution in [0.25, 0.3) is 11.0 Å². The van der Waals surface area contributed by atoms with Gasteiger partial charge < -0.3 is 9.88 Å². The molecule has 4 rings (SSSR count). The number of imidazole rings is 1. The van der Waals surface area contributed by atoms with Gasteiger partial charge in [0.2, 0.25) is 5.91 Å². The second-order valence-corrected chi connectivity index (χ2v) is 7.16. The van der Waals surface area contributed by atoms with Gasteiger partial charge in [-0.05, 0) is 36.1 Å². The van der Waals surface area contributed by atoms with Gasteiger partial charge in [-0.1, -0.05) is 48.5 Å². The fourth-order valence-electron chi connectivity index (χ4n) is 3.10. The minimum Gasteiger partial charge on any atom is -0.343 e. The van der Waals surface area contributed by atoms with Gasteiger partial charge in [0.25, 0.3) is 0 Å². The molecule has 0 radical (unpaired) electrons. The van der Waals surface area contributed by atoms with E-state index < -0.39 is 0 Å². The van der Waals surface area contributed by atoms with E-state index in [1.54, 1.807) is 17.7 Å². The van der Waals surface area contributed by atoms with Crippen LogP contribution in [0.15, 0.2) is 78.4 Å². The maximum absolute atomic E-state index is 13.0. The van der Waals surface area contributed by atoms with Gasteiger partial charge in [-0.3, -0.25) is 4.79 Å². The number of para-hydroxylation sites is 2. The summed E-state index contributed by atoms with van der Waals surface area (Å²) >= 11 is 1.65. The number of benzene rings is 2. The first kappa shape index (κ1) is 16.5. The zero-order valence-corrected chi connectivity index (χ0v) is 15.2. The highest BCUT2D eigenvalue weighted by Crippen LogP contribution is 2.27. The molecule has 1 amide bonds. The Morgan fingerprint density at radius 2 is 1.81 bits per heavy atom. The van der Waals surface area contributed by atoms with Crippen LogP contribution in [0.5, 0.6) is 0 Å². The van der Waals surface area contributed by atoms with E-state index in [0.29, 0.717) is 0 Å². The lowest BCUT2D eigenvalue weighted by atomic mass is 10.0. The van der Waals surface area contributed by atoms with Gasteiger partial charge in [0.05, 0.1) is 23.4 Å². The molecule has 4 nitrogen and oxygen atoms in total. The second kappa shape index (κ2) is 7.14. The van der Waals surface area contributed by atoms with Crippen LogP contribution in [0.2, 0.25) is 0 Å². The third kappa shape index (κ3) is 3.13. The summed E-state index contributed by atoms with van der Waals surface area (Å²) < 4.78 is 1.92. The molecule has 0 aliphatic carbocycles. The van der Waals surface area contributed by atoms with Gasteiger partial charge in [0.1, 0.15) is 6.04 Å². The van der Waals surface area contributed by atoms with Gasteiger partial charge in [0.15, 0.2) is 0 Å². The Morgan fingerprint density at radius 1 is 1.04 bits per heavy atom. The summed E-state index contributed by atoms with van der Waals surface area (Å²) in [5.74, 6) is -0.0320. The van der Waals surface area contributed by atoms with Crippen molar-refractivity contribution in [2.75, 3.05) is 0 Å². The molecule has 0 aliphatic heterocycles. The average molecular weight is 361 g/mol. The Morgan fingerprint density at radius 3 is 2.58 bits per heavy atom. The number of hydrogen-bond acceptors (Lipinski definition) is 3. The molecular weight excluding hydrogens is 342 g/mol. The van der Waals surface area contributed by atoms with Crippen LogP contribution in [0.4, 0.5) is 0 Å². The molecule has 5 heteroatoms. The average Bonchev–Trinajstić information content (AvgIpc) is 3.36. The molecule has 2 heterocycles. The van der Waals surface area contributed by atoms with E-state index in [-0.39, 0.29) is 18.0 Å². The van der Waals surface area contributed by atoms with E-state index in [0.717, 1.165) is 21.5 Å². The predicted molar refractivity (Wildman–Crippen MR) is 105 cm³/mol. The lowest BCUT2D eigenvalue weighted by Crippen LogP contribution is -2.34. The van der Waals surface area contributed by atoms with Gasteiger partial charge in [-0.25, -0.2) is 4.98 Å². The maximum Gasteiger partial charge on any atom is 0.243 e. The van der Waals surface area contributed by atoms with Crippen molar-refractivity contribution in [3.05, 3.63) is 88.9 Å². The summed E-state index contributed by atoms with van der Waals surface area (Å²) in [7, 11) is 0. The van der Waals surface area contributed by atoms with E-state index in [1.165, 1.54) is 0 Å². The van der Waals surface area contributed by atoms with Gasteiger partial charge >= 0.3 is 0 Å². The first-order chi connectivity index (χ1) is 12.7. The van der Waals surface area contributed by atoms with Crippen molar-refractivity contribution < 1.29 is 4.79 Å². The summed E-state index contributed by atoms with van der Waals surface area (Å²) in [5, 5.41) is 5.24. The van der Waals surface area contributed by atoms with Crippen molar-refractivity contribution in [1.29, 1.82) is 0 Å². The van der Waals surface area contributed by atoms with E-state index in [4.69, 9.17) is 0 Å². The number of thiophene rings is 1. The van der Waals surface area contributed by atoms with Crippen molar-refractivity contribution in [2.24, 2.45) is 0 Å². The van der Waals surface area contributed by atoms with E-state index in [2.05, 4.69) is 16.4 Å². The smallest absolute Gasteiger partial charge is 0.243 e. The predicted octanol–water partition coefficient (Wildman–Crippen LogP) is 4.56. The molecular formula is C21H19N3OS. The summed E-state index contributed by atoms with van der Waals surface area (Å²) in [6.45, 7) is 1.90. The van der Waals surface area contributed by atoms with Crippen molar-refractivity contribution >= 4 is 28.3 Å². The first-order valence-corrected chi connectivity index (χ1v) is 9.42. The van der Waals surface area contributed by atoms with Crippen molar-refractivity contribution in [1.82, 2.24) is 14.9 Å². The molecule has 0 saturated carbocycles. The number of nitrogens with one attached hydrogen (secondary N) is 1. The molecule has 0 spiro atoms. The number of carbonyl (C=O) groups excluding carboxylic acids is 1. The highest BCUT2D eigenvalue weighted by Gasteiger charge is 2.23. The van der Waals surface area contributed by atoms with Crippen LogP contribution in [0.3, 0.4) is 0 Å². The number of aromatic nitrogens is 2. The Kier molecular flexibility index (Phi) is 4.54. The number of nitrogens with zero attached hydrogens (tertiary/aromatic N) is 2. The molecule has 0 bridgehead atoms. The quantitative estimate of drug-likeness (QED) is 0.566. The minimum absolute atomic E-state index is 0.0320. The molecule has 4 aromatic rings. The SMILES string of the molecule is CC(C(=O)NC(c1ccccc1)c1cccs1)n1cnc2ccccc21. The lowest BCUT2D eigenvalue weighted by Gasteiger charge is -2.21. The topological polar surface area (TPSA) is 46.9 Å². The third-order valence-corrected chi connectivity index (χ3v) is 5.46. The van der Waals surface area contributed by atoms with Crippen LogP contribution in [-0.4, -0.2) is 15.5 Å². The normalized spacial score (nSPS) is 13.4. The third-order valence-electron chi connectivity index (χ3n) is 4.53. The highest BCUT2D eigenvalue weighted by molar-refractivity contribution is 7.10. The fraction of sp³-hybridized carbons (Fsp3) is 0.143. The maximum atomic E-state index is 13.0. The van der Waals surface area contributed by atoms with E-state index in [9.17, 15) is 4.79 Å². The van der Waals surface area contributed by atoms with Crippen LogP contribution in [-0.2, 0) is 4.79 Å². The first-order valence-electron chi connectivity index (χ1n) is 8.54. The van der Waals surface area contributed by atoms with Gasteiger partial charge in [-0.2, -0.15) is 0 Å². The number of hydrogen-bond donors (Lipinski definition) is 1. The summed E-state index contributed by atoms with van der Waals surface area (Å²) in [6.07, 6.45) is 1.73. The molecule has 2 aromatic carbocycles. The molecule has 0 aliphatic rings. The molecule has 2 atom stereocenters.